The van der Waals surface area contributed by atoms with Gasteiger partial charge in [0.15, 0.2) is 0 Å². The highest BCUT2D eigenvalue weighted by Crippen LogP contribution is 2.33. The summed E-state index contributed by atoms with van der Waals surface area (Å²) in [6, 6.07) is 4.03. The number of nitrogens with two attached hydrogens (primary N) is 1. The van der Waals surface area contributed by atoms with Gasteiger partial charge in [0.1, 0.15) is 5.75 Å². The molecule has 18 heavy (non-hydrogen) atoms. The van der Waals surface area contributed by atoms with E-state index in [1.165, 1.54) is 12.1 Å². The molecule has 96 valence electrons. The van der Waals surface area contributed by atoms with Crippen molar-refractivity contribution in [3.05, 3.63) is 28.8 Å². The lowest BCUT2D eigenvalue weighted by atomic mass is 10.1. The fourth-order valence-corrected chi connectivity index (χ4v) is 2.18. The van der Waals surface area contributed by atoms with Gasteiger partial charge in [-0.05, 0) is 37.0 Å². The number of hydrogen-bond donors (Lipinski definition) is 3. The third-order valence-electron chi connectivity index (χ3n) is 2.89. The lowest BCUT2D eigenvalue weighted by Crippen LogP contribution is -2.45. The van der Waals surface area contributed by atoms with Crippen molar-refractivity contribution in [1.29, 1.82) is 0 Å². The summed E-state index contributed by atoms with van der Waals surface area (Å²) in [6.07, 6.45) is 2.02. The van der Waals surface area contributed by atoms with Crippen LogP contribution in [-0.2, 0) is 0 Å². The van der Waals surface area contributed by atoms with Gasteiger partial charge in [-0.2, -0.15) is 0 Å². The number of rotatable bonds is 4. The Morgan fingerprint density at radius 3 is 2.72 bits per heavy atom. The summed E-state index contributed by atoms with van der Waals surface area (Å²) in [5.41, 5.74) is 5.77. The fourth-order valence-electron chi connectivity index (χ4n) is 1.77. The Balaban J connectivity index is 2.13. The Morgan fingerprint density at radius 2 is 2.22 bits per heavy atom. The largest absolute Gasteiger partial charge is 0.507 e. The van der Waals surface area contributed by atoms with Gasteiger partial charge in [0, 0.05) is 5.02 Å². The monoisotopic (exact) mass is 284 g/mol. The zero-order chi connectivity index (χ0) is 13.3. The van der Waals surface area contributed by atoms with Crippen LogP contribution >= 0.6 is 23.8 Å². The van der Waals surface area contributed by atoms with Crippen molar-refractivity contribution in [2.75, 3.05) is 0 Å². The molecule has 0 aromatic heterocycles. The van der Waals surface area contributed by atoms with Gasteiger partial charge in [-0.15, -0.1) is 0 Å². The number of carbonyl (C=O) groups is 1. The van der Waals surface area contributed by atoms with Gasteiger partial charge in [-0.3, -0.25) is 4.79 Å². The second kappa shape index (κ2) is 5.12. The van der Waals surface area contributed by atoms with E-state index in [9.17, 15) is 9.90 Å². The van der Waals surface area contributed by atoms with Crippen molar-refractivity contribution in [3.63, 3.8) is 0 Å². The summed E-state index contributed by atoms with van der Waals surface area (Å²) in [5.74, 6) is -0.229. The summed E-state index contributed by atoms with van der Waals surface area (Å²) < 4.78 is 0. The van der Waals surface area contributed by atoms with Crippen molar-refractivity contribution in [1.82, 2.24) is 5.32 Å². The van der Waals surface area contributed by atoms with Crippen LogP contribution in [0.5, 0.6) is 5.75 Å². The van der Waals surface area contributed by atoms with E-state index in [-0.39, 0.29) is 22.3 Å². The molecule has 1 aromatic carbocycles. The van der Waals surface area contributed by atoms with E-state index in [1.54, 1.807) is 6.07 Å². The van der Waals surface area contributed by atoms with Crippen molar-refractivity contribution < 1.29 is 9.90 Å². The minimum absolute atomic E-state index is 0.155. The molecule has 0 aliphatic heterocycles. The minimum atomic E-state index is -0.395. The number of thiocarbonyl (C=S) groups is 1. The van der Waals surface area contributed by atoms with Crippen LogP contribution in [0.2, 0.25) is 5.02 Å². The van der Waals surface area contributed by atoms with Crippen molar-refractivity contribution >= 4 is 34.7 Å². The maximum absolute atomic E-state index is 12.0. The molecule has 4 N–H and O–H groups in total. The zero-order valence-electron chi connectivity index (χ0n) is 9.52. The first-order chi connectivity index (χ1) is 8.49. The summed E-state index contributed by atoms with van der Waals surface area (Å²) in [6.45, 7) is 0. The van der Waals surface area contributed by atoms with E-state index < -0.39 is 5.91 Å². The Kier molecular flexibility index (Phi) is 3.73. The molecule has 1 saturated carbocycles. The molecule has 1 unspecified atom stereocenters. The standard InChI is InChI=1S/C12H13ClN2O2S/c13-7-3-4-8(9(16)5-7)12(17)15-10(11(14)18)6-1-2-6/h3-6,10,16H,1-2H2,(H2,14,18)(H,15,17). The molecule has 0 saturated heterocycles. The van der Waals surface area contributed by atoms with E-state index in [0.29, 0.717) is 10.9 Å². The number of amides is 1. The second-order valence-electron chi connectivity index (χ2n) is 4.35. The lowest BCUT2D eigenvalue weighted by molar-refractivity contribution is 0.0941. The molecular weight excluding hydrogens is 272 g/mol. The molecule has 1 aliphatic carbocycles. The Hall–Kier alpha value is -1.33. The van der Waals surface area contributed by atoms with Crippen LogP contribution in [0.3, 0.4) is 0 Å². The Labute approximate surface area is 115 Å². The van der Waals surface area contributed by atoms with Crippen molar-refractivity contribution in [2.45, 2.75) is 18.9 Å². The summed E-state index contributed by atoms with van der Waals surface area (Å²) in [4.78, 5) is 12.3. The van der Waals surface area contributed by atoms with Crippen LogP contribution < -0.4 is 11.1 Å². The highest BCUT2D eigenvalue weighted by atomic mass is 35.5. The molecule has 1 fully saturated rings. The molecule has 1 aliphatic rings. The molecule has 0 bridgehead atoms. The molecule has 1 aromatic rings. The maximum Gasteiger partial charge on any atom is 0.255 e. The number of phenols is 1. The second-order valence-corrected chi connectivity index (χ2v) is 5.26. The smallest absolute Gasteiger partial charge is 0.255 e. The van der Waals surface area contributed by atoms with E-state index in [1.807, 2.05) is 0 Å². The van der Waals surface area contributed by atoms with E-state index in [2.05, 4.69) is 5.32 Å². The quantitative estimate of drug-likeness (QED) is 0.738. The SMILES string of the molecule is NC(=S)C(NC(=O)c1ccc(Cl)cc1O)C1CC1. The van der Waals surface area contributed by atoms with Gasteiger partial charge in [-0.25, -0.2) is 0 Å². The molecule has 2 rings (SSSR count). The van der Waals surface area contributed by atoms with Crippen LogP contribution in [0.4, 0.5) is 0 Å². The molecule has 1 atom stereocenters. The Morgan fingerprint density at radius 1 is 1.56 bits per heavy atom. The number of aromatic hydroxyl groups is 1. The fraction of sp³-hybridized carbons (Fsp3) is 0.333. The first kappa shape index (κ1) is 13.1. The molecule has 4 nitrogen and oxygen atoms in total. The van der Waals surface area contributed by atoms with Crippen LogP contribution in [0.25, 0.3) is 0 Å². The normalized spacial score (nSPS) is 16.1. The highest BCUT2D eigenvalue weighted by Gasteiger charge is 2.34. The van der Waals surface area contributed by atoms with Gasteiger partial charge in [-0.1, -0.05) is 23.8 Å². The topological polar surface area (TPSA) is 75.3 Å². The first-order valence-corrected chi connectivity index (χ1v) is 6.36. The maximum atomic E-state index is 12.0. The van der Waals surface area contributed by atoms with E-state index in [4.69, 9.17) is 29.6 Å². The molecule has 1 amide bonds. The third kappa shape index (κ3) is 2.91. The van der Waals surface area contributed by atoms with Crippen LogP contribution in [0.15, 0.2) is 18.2 Å². The predicted molar refractivity (Wildman–Crippen MR) is 73.9 cm³/mol. The van der Waals surface area contributed by atoms with Gasteiger partial charge in [0.2, 0.25) is 0 Å². The average Bonchev–Trinajstić information content (AvgIpc) is 3.08. The van der Waals surface area contributed by atoms with Gasteiger partial charge >= 0.3 is 0 Å². The average molecular weight is 285 g/mol. The van der Waals surface area contributed by atoms with Gasteiger partial charge in [0.25, 0.3) is 5.91 Å². The van der Waals surface area contributed by atoms with E-state index >= 15 is 0 Å². The molecule has 0 spiro atoms. The highest BCUT2D eigenvalue weighted by molar-refractivity contribution is 7.80. The number of benzene rings is 1. The summed E-state index contributed by atoms with van der Waals surface area (Å²) in [7, 11) is 0. The number of nitrogens with one attached hydrogen (secondary N) is 1. The first-order valence-electron chi connectivity index (χ1n) is 5.57. The predicted octanol–water partition coefficient (Wildman–Crippen LogP) is 1.84. The number of hydrogen-bond acceptors (Lipinski definition) is 3. The molecule has 0 heterocycles. The van der Waals surface area contributed by atoms with E-state index in [0.717, 1.165) is 12.8 Å². The number of phenolic OH excluding ortho intramolecular Hbond substituents is 1. The number of halogens is 1. The lowest BCUT2D eigenvalue weighted by Gasteiger charge is -2.17. The van der Waals surface area contributed by atoms with Crippen molar-refractivity contribution in [2.24, 2.45) is 11.7 Å². The van der Waals surface area contributed by atoms with Gasteiger partial charge < -0.3 is 16.2 Å². The van der Waals surface area contributed by atoms with Crippen LogP contribution in [0.1, 0.15) is 23.2 Å². The third-order valence-corrected chi connectivity index (χ3v) is 3.38. The molecular formula is C12H13ClN2O2S. The van der Waals surface area contributed by atoms with Crippen LogP contribution in [-0.4, -0.2) is 22.0 Å². The molecule has 0 radical (unpaired) electrons. The molecule has 6 heteroatoms. The van der Waals surface area contributed by atoms with Crippen molar-refractivity contribution in [3.8, 4) is 5.75 Å². The summed E-state index contributed by atoms with van der Waals surface area (Å²) >= 11 is 10.6. The van der Waals surface area contributed by atoms with Crippen LogP contribution in [0, 0.1) is 5.92 Å². The zero-order valence-corrected chi connectivity index (χ0v) is 11.1. The Bertz CT molecular complexity index is 503. The van der Waals surface area contributed by atoms with Gasteiger partial charge in [0.05, 0.1) is 16.6 Å². The number of carbonyl (C=O) groups excluding carboxylic acids is 1. The summed E-state index contributed by atoms with van der Waals surface area (Å²) in [5, 5.41) is 12.8. The minimum Gasteiger partial charge on any atom is -0.507 e.